The number of hydrogen-bond acceptors (Lipinski definition) is 3. The minimum Gasteiger partial charge on any atom is -0.390 e. The molecule has 0 spiro atoms. The predicted molar refractivity (Wildman–Crippen MR) is 39.7 cm³/mol. The molecule has 4 heteroatoms. The van der Waals surface area contributed by atoms with E-state index in [0.29, 0.717) is 6.61 Å². The van der Waals surface area contributed by atoms with Crippen LogP contribution >= 0.6 is 0 Å². The number of hydrogen-bond donors (Lipinski definition) is 1. The normalized spacial score (nSPS) is 40.4. The third-order valence-corrected chi connectivity index (χ3v) is 1.74. The second-order valence-corrected chi connectivity index (χ2v) is 2.74. The van der Waals surface area contributed by atoms with Gasteiger partial charge in [-0.15, -0.1) is 0 Å². The van der Waals surface area contributed by atoms with Gasteiger partial charge in [-0.25, -0.2) is 0 Å². The molecule has 0 aromatic carbocycles. The molecule has 0 amide bonds. The Kier molecular flexibility index (Phi) is 2.71. The highest BCUT2D eigenvalue weighted by Gasteiger charge is 2.30. The van der Waals surface area contributed by atoms with Gasteiger partial charge in [0, 0.05) is 13.1 Å². The van der Waals surface area contributed by atoms with E-state index < -0.39 is 0 Å². The third-order valence-electron chi connectivity index (χ3n) is 1.74. The van der Waals surface area contributed by atoms with Gasteiger partial charge in [-0.1, -0.05) is 0 Å². The Morgan fingerprint density at radius 2 is 2.50 bits per heavy atom. The smallest absolute Gasteiger partial charge is 0.139 e. The Hall–Kier alpha value is -0.0551. The highest BCUT2D eigenvalue weighted by molar-refractivity contribution is 6.11. The third kappa shape index (κ3) is 1.72. The predicted octanol–water partition coefficient (Wildman–Crippen LogP) is -1.26. The minimum absolute atomic E-state index is 0.111. The zero-order chi connectivity index (χ0) is 7.56. The van der Waals surface area contributed by atoms with Gasteiger partial charge in [0.25, 0.3) is 0 Å². The lowest BCUT2D eigenvalue weighted by molar-refractivity contribution is -0.0173. The van der Waals surface area contributed by atoms with Gasteiger partial charge >= 0.3 is 0 Å². The number of rotatable bonds is 2. The van der Waals surface area contributed by atoms with Gasteiger partial charge in [-0.2, -0.15) is 0 Å². The topological polar surface area (TPSA) is 38.7 Å². The number of aliphatic hydroxyl groups is 1. The van der Waals surface area contributed by atoms with E-state index in [4.69, 9.17) is 9.47 Å². The minimum atomic E-state index is -0.338. The maximum absolute atomic E-state index is 9.29. The van der Waals surface area contributed by atoms with Crippen LogP contribution < -0.4 is 0 Å². The highest BCUT2D eigenvalue weighted by atomic mass is 16.5. The Labute approximate surface area is 61.7 Å². The fourth-order valence-corrected chi connectivity index (χ4v) is 1.25. The molecule has 3 nitrogen and oxygen atoms in total. The first-order valence-electron chi connectivity index (χ1n) is 3.56. The van der Waals surface area contributed by atoms with Crippen molar-refractivity contribution in [3.8, 4) is 0 Å². The lowest BCUT2D eigenvalue weighted by Crippen LogP contribution is -2.25. The molecular weight excluding hydrogens is 131 g/mol. The van der Waals surface area contributed by atoms with Crippen molar-refractivity contribution in [1.29, 1.82) is 0 Å². The molecule has 1 aliphatic heterocycles. The first-order valence-corrected chi connectivity index (χ1v) is 3.56. The van der Waals surface area contributed by atoms with Crippen molar-refractivity contribution in [2.24, 2.45) is 0 Å². The molecule has 0 saturated carbocycles. The summed E-state index contributed by atoms with van der Waals surface area (Å²) in [6.07, 6.45) is 0.281. The maximum Gasteiger partial charge on any atom is 0.139 e. The second-order valence-electron chi connectivity index (χ2n) is 2.74. The van der Waals surface area contributed by atoms with Crippen molar-refractivity contribution < 1.29 is 14.6 Å². The summed E-state index contributed by atoms with van der Waals surface area (Å²) in [5.74, 6) is 0. The van der Waals surface area contributed by atoms with Crippen LogP contribution in [0.15, 0.2) is 0 Å². The fraction of sp³-hybridized carbons (Fsp3) is 1.00. The Bertz CT molecular complexity index is 109. The van der Waals surface area contributed by atoms with Crippen LogP contribution in [0.2, 0.25) is 0 Å². The zero-order valence-corrected chi connectivity index (χ0v) is 6.41. The Balaban J connectivity index is 2.31. The van der Waals surface area contributed by atoms with E-state index in [1.807, 2.05) is 7.85 Å². The van der Waals surface area contributed by atoms with Crippen molar-refractivity contribution in [2.45, 2.75) is 24.6 Å². The van der Waals surface area contributed by atoms with Crippen molar-refractivity contribution in [2.75, 3.05) is 13.7 Å². The molecule has 1 aliphatic rings. The SMILES string of the molecule is B[C@H]1CC(O)[C@@H](COC)O1. The molecule has 10 heavy (non-hydrogen) atoms. The summed E-state index contributed by atoms with van der Waals surface area (Å²) in [5.41, 5.74) is 0. The van der Waals surface area contributed by atoms with E-state index in [2.05, 4.69) is 0 Å². The largest absolute Gasteiger partial charge is 0.390 e. The van der Waals surface area contributed by atoms with E-state index in [1.54, 1.807) is 7.11 Å². The molecule has 1 fully saturated rings. The molecule has 1 unspecified atom stereocenters. The van der Waals surface area contributed by atoms with Gasteiger partial charge in [0.1, 0.15) is 14.0 Å². The summed E-state index contributed by atoms with van der Waals surface area (Å²) < 4.78 is 10.2. The van der Waals surface area contributed by atoms with Crippen LogP contribution in [0.4, 0.5) is 0 Å². The van der Waals surface area contributed by atoms with Gasteiger partial charge < -0.3 is 14.6 Å². The Morgan fingerprint density at radius 3 is 2.90 bits per heavy atom. The first-order chi connectivity index (χ1) is 4.74. The lowest BCUT2D eigenvalue weighted by Gasteiger charge is -2.11. The van der Waals surface area contributed by atoms with E-state index in [9.17, 15) is 5.11 Å². The van der Waals surface area contributed by atoms with Crippen LogP contribution in [-0.4, -0.2) is 44.9 Å². The number of aliphatic hydroxyl groups excluding tert-OH is 1. The van der Waals surface area contributed by atoms with Crippen LogP contribution in [0.3, 0.4) is 0 Å². The van der Waals surface area contributed by atoms with Gasteiger partial charge in [0.2, 0.25) is 0 Å². The zero-order valence-electron chi connectivity index (χ0n) is 6.41. The standard InChI is InChI=1S/C6H13BO3/c1-9-3-5-4(8)2-6(7)10-5/h4-6,8H,2-3,7H2,1H3/t4?,5-,6-/m1/s1. The van der Waals surface area contributed by atoms with Crippen molar-refractivity contribution in [3.05, 3.63) is 0 Å². The van der Waals surface area contributed by atoms with Gasteiger partial charge in [-0.3, -0.25) is 0 Å². The van der Waals surface area contributed by atoms with Crippen LogP contribution in [-0.2, 0) is 9.47 Å². The number of ether oxygens (including phenoxy) is 2. The quantitative estimate of drug-likeness (QED) is 0.491. The van der Waals surface area contributed by atoms with Crippen molar-refractivity contribution in [1.82, 2.24) is 0 Å². The van der Waals surface area contributed by atoms with Crippen molar-refractivity contribution in [3.63, 3.8) is 0 Å². The molecule has 0 aromatic heterocycles. The molecule has 0 radical (unpaired) electrons. The van der Waals surface area contributed by atoms with Crippen molar-refractivity contribution >= 4 is 7.85 Å². The maximum atomic E-state index is 9.29. The van der Waals surface area contributed by atoms with Gasteiger partial charge in [-0.05, 0) is 6.42 Å². The van der Waals surface area contributed by atoms with E-state index in [-0.39, 0.29) is 18.2 Å². The van der Waals surface area contributed by atoms with Crippen LogP contribution in [0.5, 0.6) is 0 Å². The van der Waals surface area contributed by atoms with Crippen LogP contribution in [0, 0.1) is 0 Å². The average Bonchev–Trinajstić information content (AvgIpc) is 2.13. The van der Waals surface area contributed by atoms with Gasteiger partial charge in [0.15, 0.2) is 0 Å². The van der Waals surface area contributed by atoms with E-state index >= 15 is 0 Å². The molecule has 58 valence electrons. The first kappa shape index (κ1) is 8.05. The summed E-state index contributed by atoms with van der Waals surface area (Å²) in [7, 11) is 3.57. The summed E-state index contributed by atoms with van der Waals surface area (Å²) >= 11 is 0. The molecule has 1 heterocycles. The summed E-state index contributed by atoms with van der Waals surface area (Å²) in [6.45, 7) is 0.492. The summed E-state index contributed by atoms with van der Waals surface area (Å²) in [6, 6.07) is 0.176. The molecule has 0 bridgehead atoms. The highest BCUT2D eigenvalue weighted by Crippen LogP contribution is 2.17. The second kappa shape index (κ2) is 3.37. The fourth-order valence-electron chi connectivity index (χ4n) is 1.25. The van der Waals surface area contributed by atoms with Gasteiger partial charge in [0.05, 0.1) is 12.7 Å². The van der Waals surface area contributed by atoms with E-state index in [1.165, 1.54) is 0 Å². The average molecular weight is 144 g/mol. The number of methoxy groups -OCH3 is 1. The molecule has 1 N–H and O–H groups in total. The lowest BCUT2D eigenvalue weighted by atomic mass is 9.96. The van der Waals surface area contributed by atoms with E-state index in [0.717, 1.165) is 6.42 Å². The molecule has 3 atom stereocenters. The van der Waals surface area contributed by atoms with Crippen LogP contribution in [0.25, 0.3) is 0 Å². The molecule has 1 saturated heterocycles. The van der Waals surface area contributed by atoms with Crippen LogP contribution in [0.1, 0.15) is 6.42 Å². The molecule has 0 aliphatic carbocycles. The molecule has 1 rings (SSSR count). The Morgan fingerprint density at radius 1 is 1.80 bits per heavy atom. The molecular formula is C6H13BO3. The molecule has 0 aromatic rings. The summed E-state index contributed by atoms with van der Waals surface area (Å²) in [4.78, 5) is 0. The monoisotopic (exact) mass is 144 g/mol. The summed E-state index contributed by atoms with van der Waals surface area (Å²) in [5, 5.41) is 9.29.